The summed E-state index contributed by atoms with van der Waals surface area (Å²) in [5, 5.41) is 6.07. The number of aryl methyl sites for hydroxylation is 1. The van der Waals surface area contributed by atoms with Crippen LogP contribution in [0.5, 0.6) is 0 Å². The number of nitrogens with one attached hydrogen (secondary N) is 2. The molecule has 0 bridgehead atoms. The number of hydrogen-bond donors (Lipinski definition) is 3. The highest BCUT2D eigenvalue weighted by Crippen LogP contribution is 2.19. The van der Waals surface area contributed by atoms with Gasteiger partial charge in [0.05, 0.1) is 25.7 Å². The molecular formula is C30H42N4O4. The van der Waals surface area contributed by atoms with Crippen molar-refractivity contribution in [2.45, 2.75) is 51.6 Å². The summed E-state index contributed by atoms with van der Waals surface area (Å²) in [5.41, 5.74) is 7.93. The van der Waals surface area contributed by atoms with Gasteiger partial charge in [0, 0.05) is 19.1 Å². The van der Waals surface area contributed by atoms with Gasteiger partial charge < -0.3 is 21.1 Å². The number of carbonyl (C=O) groups is 3. The largest absolute Gasteiger partial charge is 0.379 e. The van der Waals surface area contributed by atoms with Crippen molar-refractivity contribution in [1.82, 2.24) is 15.5 Å². The average Bonchev–Trinajstić information content (AvgIpc) is 2.90. The van der Waals surface area contributed by atoms with Crippen LogP contribution in [-0.4, -0.2) is 67.6 Å². The zero-order chi connectivity index (χ0) is 27.3. The molecule has 1 aliphatic heterocycles. The van der Waals surface area contributed by atoms with Crippen molar-refractivity contribution >= 4 is 17.7 Å². The molecule has 3 rings (SSSR count). The molecular weight excluding hydrogens is 480 g/mol. The molecule has 2 aromatic carbocycles. The lowest BCUT2D eigenvalue weighted by Gasteiger charge is -2.30. The van der Waals surface area contributed by atoms with Crippen LogP contribution in [0.25, 0.3) is 0 Å². The maximum absolute atomic E-state index is 13.7. The van der Waals surface area contributed by atoms with Crippen molar-refractivity contribution in [3.8, 4) is 0 Å². The van der Waals surface area contributed by atoms with E-state index < -0.39 is 23.9 Å². The Morgan fingerprint density at radius 1 is 0.921 bits per heavy atom. The lowest BCUT2D eigenvalue weighted by molar-refractivity contribution is -0.131. The number of nitrogens with zero attached hydrogens (tertiary/aromatic N) is 1. The average molecular weight is 523 g/mol. The van der Waals surface area contributed by atoms with Crippen molar-refractivity contribution in [2.24, 2.45) is 17.6 Å². The third-order valence-electron chi connectivity index (χ3n) is 6.89. The van der Waals surface area contributed by atoms with Crippen LogP contribution in [0, 0.1) is 11.8 Å². The molecule has 1 heterocycles. The highest BCUT2D eigenvalue weighted by molar-refractivity contribution is 5.89. The summed E-state index contributed by atoms with van der Waals surface area (Å²) < 4.78 is 5.37. The third kappa shape index (κ3) is 9.91. The Bertz CT molecular complexity index is 1010. The predicted octanol–water partition coefficient (Wildman–Crippen LogP) is 2.31. The van der Waals surface area contributed by atoms with E-state index in [1.165, 1.54) is 0 Å². The first-order chi connectivity index (χ1) is 18.3. The quantitative estimate of drug-likeness (QED) is 0.352. The smallest absolute Gasteiger partial charge is 0.242 e. The summed E-state index contributed by atoms with van der Waals surface area (Å²) in [6.07, 6.45) is 2.11. The highest BCUT2D eigenvalue weighted by Gasteiger charge is 2.31. The van der Waals surface area contributed by atoms with E-state index in [-0.39, 0.29) is 24.3 Å². The molecule has 3 atom stereocenters. The van der Waals surface area contributed by atoms with E-state index in [0.29, 0.717) is 52.0 Å². The fourth-order valence-corrected chi connectivity index (χ4v) is 4.85. The predicted molar refractivity (Wildman–Crippen MR) is 148 cm³/mol. The van der Waals surface area contributed by atoms with E-state index in [9.17, 15) is 14.4 Å². The van der Waals surface area contributed by atoms with Gasteiger partial charge in [0.2, 0.25) is 17.7 Å². The maximum atomic E-state index is 13.7. The first-order valence-corrected chi connectivity index (χ1v) is 13.6. The highest BCUT2D eigenvalue weighted by atomic mass is 16.5. The standard InChI is InChI=1S/C30H42N4O4/c1-22(2)19-27(25(29(31)36)20-24-11-7-4-8-12-24)33-30(37)26(14-13-23-9-5-3-6-10-23)32-28(35)21-34-15-17-38-18-16-34/h3-12,22,25-27H,13-21H2,1-2H3,(H2,31,36)(H,32,35)(H,33,37)/t25-,26+,27+/m1/s1. The van der Waals surface area contributed by atoms with Crippen molar-refractivity contribution < 1.29 is 19.1 Å². The Morgan fingerprint density at radius 3 is 2.11 bits per heavy atom. The molecule has 4 N–H and O–H groups in total. The number of nitrogens with two attached hydrogens (primary N) is 1. The molecule has 8 nitrogen and oxygen atoms in total. The number of ether oxygens (including phenoxy) is 1. The molecule has 1 fully saturated rings. The van der Waals surface area contributed by atoms with Crippen LogP contribution in [0.3, 0.4) is 0 Å². The summed E-state index contributed by atoms with van der Waals surface area (Å²) in [5.74, 6) is -1.27. The number of amides is 3. The van der Waals surface area contributed by atoms with Gasteiger partial charge in [0.25, 0.3) is 0 Å². The summed E-state index contributed by atoms with van der Waals surface area (Å²) in [7, 11) is 0. The number of morpholine rings is 1. The Morgan fingerprint density at radius 2 is 1.53 bits per heavy atom. The SMILES string of the molecule is CC(C)C[C@H](NC(=O)[C@H](CCc1ccccc1)NC(=O)CN1CCOCC1)[C@@H](Cc1ccccc1)C(N)=O. The van der Waals surface area contributed by atoms with Gasteiger partial charge in [0.15, 0.2) is 0 Å². The van der Waals surface area contributed by atoms with Crippen LogP contribution < -0.4 is 16.4 Å². The van der Waals surface area contributed by atoms with E-state index in [1.807, 2.05) is 65.6 Å². The minimum Gasteiger partial charge on any atom is -0.379 e. The van der Waals surface area contributed by atoms with Crippen LogP contribution >= 0.6 is 0 Å². The molecule has 3 amide bonds. The van der Waals surface area contributed by atoms with Gasteiger partial charge in [-0.15, -0.1) is 0 Å². The fourth-order valence-electron chi connectivity index (χ4n) is 4.85. The zero-order valence-corrected chi connectivity index (χ0v) is 22.6. The van der Waals surface area contributed by atoms with Crippen LogP contribution in [0.2, 0.25) is 0 Å². The number of rotatable bonds is 14. The molecule has 0 unspecified atom stereocenters. The number of carbonyl (C=O) groups excluding carboxylic acids is 3. The molecule has 0 radical (unpaired) electrons. The minimum absolute atomic E-state index is 0.198. The Kier molecular flexibility index (Phi) is 11.8. The summed E-state index contributed by atoms with van der Waals surface area (Å²) in [6.45, 7) is 6.88. The summed E-state index contributed by atoms with van der Waals surface area (Å²) in [4.78, 5) is 41.2. The van der Waals surface area contributed by atoms with Gasteiger partial charge in [0.1, 0.15) is 6.04 Å². The molecule has 38 heavy (non-hydrogen) atoms. The zero-order valence-electron chi connectivity index (χ0n) is 22.6. The number of hydrogen-bond acceptors (Lipinski definition) is 5. The molecule has 206 valence electrons. The molecule has 8 heteroatoms. The Balaban J connectivity index is 1.74. The van der Waals surface area contributed by atoms with Crippen molar-refractivity contribution in [2.75, 3.05) is 32.8 Å². The monoisotopic (exact) mass is 522 g/mol. The summed E-state index contributed by atoms with van der Waals surface area (Å²) in [6, 6.07) is 18.4. The topological polar surface area (TPSA) is 114 Å². The molecule has 2 aromatic rings. The van der Waals surface area contributed by atoms with Crippen molar-refractivity contribution in [3.63, 3.8) is 0 Å². The second-order valence-electron chi connectivity index (χ2n) is 10.5. The lowest BCUT2D eigenvalue weighted by atomic mass is 9.86. The van der Waals surface area contributed by atoms with E-state index >= 15 is 0 Å². The Hall–Kier alpha value is -3.23. The van der Waals surface area contributed by atoms with Gasteiger partial charge in [-0.3, -0.25) is 19.3 Å². The maximum Gasteiger partial charge on any atom is 0.242 e. The molecule has 0 aromatic heterocycles. The van der Waals surface area contributed by atoms with Gasteiger partial charge in [-0.1, -0.05) is 74.5 Å². The van der Waals surface area contributed by atoms with Crippen LogP contribution in [0.4, 0.5) is 0 Å². The molecule has 0 saturated carbocycles. The molecule has 1 saturated heterocycles. The second-order valence-corrected chi connectivity index (χ2v) is 10.5. The molecule has 0 aliphatic carbocycles. The first-order valence-electron chi connectivity index (χ1n) is 13.6. The van der Waals surface area contributed by atoms with Crippen molar-refractivity contribution in [1.29, 1.82) is 0 Å². The van der Waals surface area contributed by atoms with Crippen LogP contribution in [0.15, 0.2) is 60.7 Å². The van der Waals surface area contributed by atoms with E-state index in [0.717, 1.165) is 11.1 Å². The van der Waals surface area contributed by atoms with Crippen LogP contribution in [-0.2, 0) is 32.0 Å². The van der Waals surface area contributed by atoms with Gasteiger partial charge >= 0.3 is 0 Å². The van der Waals surface area contributed by atoms with Crippen molar-refractivity contribution in [3.05, 3.63) is 71.8 Å². The third-order valence-corrected chi connectivity index (χ3v) is 6.89. The Labute approximate surface area is 226 Å². The normalized spacial score (nSPS) is 16.4. The van der Waals surface area contributed by atoms with Gasteiger partial charge in [-0.25, -0.2) is 0 Å². The fraction of sp³-hybridized carbons (Fsp3) is 0.500. The first kappa shape index (κ1) is 29.3. The minimum atomic E-state index is -0.733. The molecule has 0 spiro atoms. The van der Waals surface area contributed by atoms with Gasteiger partial charge in [-0.05, 0) is 42.7 Å². The van der Waals surface area contributed by atoms with E-state index in [1.54, 1.807) is 0 Å². The summed E-state index contributed by atoms with van der Waals surface area (Å²) >= 11 is 0. The van der Waals surface area contributed by atoms with E-state index in [2.05, 4.69) is 24.5 Å². The number of primary amides is 1. The number of benzene rings is 2. The van der Waals surface area contributed by atoms with E-state index in [4.69, 9.17) is 10.5 Å². The van der Waals surface area contributed by atoms with Crippen LogP contribution in [0.1, 0.15) is 37.8 Å². The molecule has 1 aliphatic rings. The lowest BCUT2D eigenvalue weighted by Crippen LogP contribution is -2.55. The van der Waals surface area contributed by atoms with Gasteiger partial charge in [-0.2, -0.15) is 0 Å². The second kappa shape index (κ2) is 15.2.